The van der Waals surface area contributed by atoms with E-state index in [2.05, 4.69) is 36.4 Å². The second kappa shape index (κ2) is 9.66. The van der Waals surface area contributed by atoms with Gasteiger partial charge >= 0.3 is 12.1 Å². The number of alkyl halides is 3. The van der Waals surface area contributed by atoms with Crippen molar-refractivity contribution in [2.24, 2.45) is 0 Å². The number of carbonyl (C=O) groups is 1. The zero-order valence-corrected chi connectivity index (χ0v) is 19.2. The lowest BCUT2D eigenvalue weighted by Crippen LogP contribution is -2.05. The van der Waals surface area contributed by atoms with Crippen molar-refractivity contribution in [2.75, 3.05) is 5.32 Å². The maximum absolute atomic E-state index is 13.0. The third-order valence-corrected chi connectivity index (χ3v) is 5.71. The molecule has 5 nitrogen and oxygen atoms in total. The van der Waals surface area contributed by atoms with Crippen molar-refractivity contribution >= 4 is 11.7 Å². The molecular formula is C27H24F3N3O2. The van der Waals surface area contributed by atoms with Gasteiger partial charge in [-0.25, -0.2) is 9.48 Å². The van der Waals surface area contributed by atoms with Crippen LogP contribution in [0.1, 0.15) is 46.8 Å². The van der Waals surface area contributed by atoms with E-state index < -0.39 is 17.7 Å². The van der Waals surface area contributed by atoms with Gasteiger partial charge in [-0.3, -0.25) is 0 Å². The van der Waals surface area contributed by atoms with Crippen LogP contribution < -0.4 is 5.32 Å². The van der Waals surface area contributed by atoms with Gasteiger partial charge in [0.1, 0.15) is 0 Å². The summed E-state index contributed by atoms with van der Waals surface area (Å²) in [6.45, 7) is 4.66. The summed E-state index contributed by atoms with van der Waals surface area (Å²) in [5.41, 5.74) is 4.16. The number of halogens is 3. The fourth-order valence-electron chi connectivity index (χ4n) is 3.67. The maximum atomic E-state index is 13.0. The van der Waals surface area contributed by atoms with Crippen molar-refractivity contribution in [3.05, 3.63) is 101 Å². The molecule has 2 N–H and O–H groups in total. The number of benzene rings is 3. The van der Waals surface area contributed by atoms with Gasteiger partial charge in [-0.05, 0) is 60.0 Å². The van der Waals surface area contributed by atoms with Crippen molar-refractivity contribution in [3.8, 4) is 16.9 Å². The van der Waals surface area contributed by atoms with Crippen LogP contribution in [-0.4, -0.2) is 20.9 Å². The molecule has 1 heterocycles. The molecule has 0 saturated heterocycles. The number of carboxylic acid groups (broad SMARTS) is 1. The van der Waals surface area contributed by atoms with Crippen LogP contribution in [0, 0.1) is 0 Å². The normalized spacial score (nSPS) is 11.6. The Kier molecular flexibility index (Phi) is 6.64. The van der Waals surface area contributed by atoms with E-state index in [4.69, 9.17) is 0 Å². The summed E-state index contributed by atoms with van der Waals surface area (Å²) in [5.74, 6) is -0.607. The first-order valence-corrected chi connectivity index (χ1v) is 11.1. The minimum Gasteiger partial charge on any atom is -0.478 e. The molecule has 1 aromatic heterocycles. The number of nitrogens with zero attached hydrogens (tertiary/aromatic N) is 2. The van der Waals surface area contributed by atoms with Crippen LogP contribution in [-0.2, 0) is 12.7 Å². The van der Waals surface area contributed by atoms with Crippen molar-refractivity contribution in [1.29, 1.82) is 0 Å². The molecule has 0 unspecified atom stereocenters. The third-order valence-electron chi connectivity index (χ3n) is 5.71. The summed E-state index contributed by atoms with van der Waals surface area (Å²) in [6.07, 6.45) is -2.65. The smallest absolute Gasteiger partial charge is 0.416 e. The van der Waals surface area contributed by atoms with Gasteiger partial charge in [0, 0.05) is 29.6 Å². The topological polar surface area (TPSA) is 67.2 Å². The fourth-order valence-corrected chi connectivity index (χ4v) is 3.67. The quantitative estimate of drug-likeness (QED) is 0.300. The Labute approximate surface area is 200 Å². The summed E-state index contributed by atoms with van der Waals surface area (Å²) < 4.78 is 40.4. The molecule has 0 fully saturated rings. The molecular weight excluding hydrogens is 455 g/mol. The lowest BCUT2D eigenvalue weighted by Gasteiger charge is -2.09. The molecule has 0 amide bonds. The molecule has 0 aliphatic carbocycles. The summed E-state index contributed by atoms with van der Waals surface area (Å²) in [4.78, 5) is 11.2. The fraction of sp³-hybridized carbons (Fsp3) is 0.185. The zero-order valence-electron chi connectivity index (χ0n) is 19.2. The number of carboxylic acids is 1. The Morgan fingerprint density at radius 3 is 2.14 bits per heavy atom. The molecule has 0 aliphatic heterocycles. The molecule has 4 rings (SSSR count). The lowest BCUT2D eigenvalue weighted by atomic mass is 10.0. The van der Waals surface area contributed by atoms with Crippen LogP contribution in [0.15, 0.2) is 79.0 Å². The second-order valence-electron chi connectivity index (χ2n) is 8.50. The van der Waals surface area contributed by atoms with Crippen LogP contribution in [0.5, 0.6) is 0 Å². The standard InChI is InChI=1S/C27H24F3N3O2/c1-17(2)18-7-11-23(12-8-18)31-15-21-16-33(24-13-9-22(10-14-24)27(28,29)30)32-25(21)19-3-5-20(6-4-19)26(34)35/h3-14,16-17,31H,15H2,1-2H3,(H,34,35). The van der Waals surface area contributed by atoms with Gasteiger partial charge in [0.05, 0.1) is 22.5 Å². The Hall–Kier alpha value is -4.07. The highest BCUT2D eigenvalue weighted by atomic mass is 19.4. The Bertz CT molecular complexity index is 1310. The van der Waals surface area contributed by atoms with Gasteiger partial charge in [0.15, 0.2) is 0 Å². The zero-order chi connectivity index (χ0) is 25.2. The van der Waals surface area contributed by atoms with Gasteiger partial charge in [0.25, 0.3) is 0 Å². The Balaban J connectivity index is 1.66. The monoisotopic (exact) mass is 479 g/mol. The first-order chi connectivity index (χ1) is 16.6. The van der Waals surface area contributed by atoms with E-state index in [9.17, 15) is 23.1 Å². The van der Waals surface area contributed by atoms with Gasteiger partial charge in [-0.1, -0.05) is 38.1 Å². The van der Waals surface area contributed by atoms with Crippen LogP contribution in [0.2, 0.25) is 0 Å². The molecule has 4 aromatic rings. The average Bonchev–Trinajstić information content (AvgIpc) is 3.27. The molecule has 8 heteroatoms. The lowest BCUT2D eigenvalue weighted by molar-refractivity contribution is -0.137. The van der Waals surface area contributed by atoms with E-state index >= 15 is 0 Å². The highest BCUT2D eigenvalue weighted by Gasteiger charge is 2.30. The Morgan fingerprint density at radius 2 is 1.60 bits per heavy atom. The van der Waals surface area contributed by atoms with E-state index in [1.54, 1.807) is 18.3 Å². The molecule has 0 saturated carbocycles. The summed E-state index contributed by atoms with van der Waals surface area (Å²) >= 11 is 0. The van der Waals surface area contributed by atoms with Crippen LogP contribution in [0.25, 0.3) is 16.9 Å². The highest BCUT2D eigenvalue weighted by Crippen LogP contribution is 2.30. The molecule has 35 heavy (non-hydrogen) atoms. The van der Waals surface area contributed by atoms with E-state index in [1.165, 1.54) is 34.5 Å². The van der Waals surface area contributed by atoms with Gasteiger partial charge < -0.3 is 10.4 Å². The van der Waals surface area contributed by atoms with Crippen LogP contribution in [0.3, 0.4) is 0 Å². The summed E-state index contributed by atoms with van der Waals surface area (Å²) in [6, 6.07) is 19.2. The maximum Gasteiger partial charge on any atom is 0.416 e. The number of hydrogen-bond acceptors (Lipinski definition) is 3. The second-order valence-corrected chi connectivity index (χ2v) is 8.50. The van der Waals surface area contributed by atoms with E-state index in [0.29, 0.717) is 29.4 Å². The summed E-state index contributed by atoms with van der Waals surface area (Å²) in [7, 11) is 0. The van der Waals surface area contributed by atoms with Crippen molar-refractivity contribution in [1.82, 2.24) is 9.78 Å². The van der Waals surface area contributed by atoms with Gasteiger partial charge in [-0.2, -0.15) is 18.3 Å². The molecule has 3 aromatic carbocycles. The largest absolute Gasteiger partial charge is 0.478 e. The molecule has 0 aliphatic rings. The van der Waals surface area contributed by atoms with Crippen LogP contribution >= 0.6 is 0 Å². The predicted molar refractivity (Wildman–Crippen MR) is 129 cm³/mol. The first kappa shape index (κ1) is 24.1. The van der Waals surface area contributed by atoms with Crippen LogP contribution in [0.4, 0.5) is 18.9 Å². The molecule has 0 spiro atoms. The van der Waals surface area contributed by atoms with E-state index in [1.807, 2.05) is 12.1 Å². The van der Waals surface area contributed by atoms with Crippen molar-refractivity contribution in [2.45, 2.75) is 32.5 Å². The molecule has 180 valence electrons. The molecule has 0 atom stereocenters. The minimum atomic E-state index is -4.42. The number of aromatic nitrogens is 2. The number of anilines is 1. The average molecular weight is 480 g/mol. The number of aromatic carboxylic acids is 1. The Morgan fingerprint density at radius 1 is 0.971 bits per heavy atom. The number of nitrogens with one attached hydrogen (secondary N) is 1. The van der Waals surface area contributed by atoms with E-state index in [-0.39, 0.29) is 5.56 Å². The first-order valence-electron chi connectivity index (χ1n) is 11.1. The van der Waals surface area contributed by atoms with Gasteiger partial charge in [0.2, 0.25) is 0 Å². The number of hydrogen-bond donors (Lipinski definition) is 2. The number of rotatable bonds is 7. The molecule has 0 radical (unpaired) electrons. The van der Waals surface area contributed by atoms with Crippen molar-refractivity contribution < 1.29 is 23.1 Å². The predicted octanol–water partition coefficient (Wildman–Crippen LogP) is 6.99. The highest BCUT2D eigenvalue weighted by molar-refractivity contribution is 5.88. The summed E-state index contributed by atoms with van der Waals surface area (Å²) in [5, 5.41) is 17.2. The van der Waals surface area contributed by atoms with Gasteiger partial charge in [-0.15, -0.1) is 0 Å². The minimum absolute atomic E-state index is 0.154. The van der Waals surface area contributed by atoms with E-state index in [0.717, 1.165) is 23.4 Å². The SMILES string of the molecule is CC(C)c1ccc(NCc2cn(-c3ccc(C(F)(F)F)cc3)nc2-c2ccc(C(=O)O)cc2)cc1. The molecule has 0 bridgehead atoms. The van der Waals surface area contributed by atoms with Crippen molar-refractivity contribution in [3.63, 3.8) is 0 Å². The third kappa shape index (κ3) is 5.54.